The van der Waals surface area contributed by atoms with Gasteiger partial charge in [-0.05, 0) is 43.9 Å². The third-order valence-electron chi connectivity index (χ3n) is 4.76. The number of rotatable bonds is 6. The summed E-state index contributed by atoms with van der Waals surface area (Å²) in [6.45, 7) is 3.82. The van der Waals surface area contributed by atoms with Crippen LogP contribution in [0.15, 0.2) is 24.3 Å². The first-order valence-corrected chi connectivity index (χ1v) is 10.6. The number of aliphatic carboxylic acids is 1. The van der Waals surface area contributed by atoms with Crippen LogP contribution < -0.4 is 10.4 Å². The van der Waals surface area contributed by atoms with E-state index in [1.165, 1.54) is 11.8 Å². The van der Waals surface area contributed by atoms with Crippen LogP contribution in [0, 0.1) is 0 Å². The number of hydrogen-bond acceptors (Lipinski definition) is 6. The molecule has 3 rings (SSSR count). The lowest BCUT2D eigenvalue weighted by molar-refractivity contribution is -0.308. The molecule has 140 valence electrons. The lowest BCUT2D eigenvalue weighted by Gasteiger charge is -2.31. The largest absolute Gasteiger partial charge is 0.548 e. The molecule has 2 aliphatic heterocycles. The summed E-state index contributed by atoms with van der Waals surface area (Å²) in [6, 6.07) is 5.55. The predicted molar refractivity (Wildman–Crippen MR) is 101 cm³/mol. The van der Waals surface area contributed by atoms with Crippen LogP contribution in [0.3, 0.4) is 0 Å². The van der Waals surface area contributed by atoms with Crippen molar-refractivity contribution in [2.75, 3.05) is 12.0 Å². The van der Waals surface area contributed by atoms with E-state index in [1.54, 1.807) is 28.8 Å². The molecule has 0 unspecified atom stereocenters. The molecule has 0 bridgehead atoms. The van der Waals surface area contributed by atoms with E-state index in [4.69, 9.17) is 0 Å². The fraction of sp³-hybridized carbons (Fsp3) is 0.500. The van der Waals surface area contributed by atoms with Gasteiger partial charge in [0.25, 0.3) is 5.91 Å². The molecular formula is C18H21N2O4S2-. The second-order valence-electron chi connectivity index (χ2n) is 6.94. The van der Waals surface area contributed by atoms with Crippen LogP contribution in [-0.4, -0.2) is 51.5 Å². The van der Waals surface area contributed by atoms with Crippen LogP contribution in [0.4, 0.5) is 0 Å². The Morgan fingerprint density at radius 3 is 2.73 bits per heavy atom. The minimum Gasteiger partial charge on any atom is -0.548 e. The molecule has 0 radical (unpaired) electrons. The maximum Gasteiger partial charge on any atom is 0.256 e. The van der Waals surface area contributed by atoms with Crippen molar-refractivity contribution in [3.8, 4) is 0 Å². The summed E-state index contributed by atoms with van der Waals surface area (Å²) in [5, 5.41) is 13.7. The van der Waals surface area contributed by atoms with E-state index in [1.807, 2.05) is 32.2 Å². The molecule has 8 heteroatoms. The van der Waals surface area contributed by atoms with Gasteiger partial charge in [0.2, 0.25) is 5.91 Å². The van der Waals surface area contributed by atoms with Gasteiger partial charge in [-0.1, -0.05) is 18.2 Å². The summed E-state index contributed by atoms with van der Waals surface area (Å²) in [5.41, 5.74) is 1.52. The molecule has 26 heavy (non-hydrogen) atoms. The number of carboxylic acids is 1. The highest BCUT2D eigenvalue weighted by atomic mass is 32.2. The first-order chi connectivity index (χ1) is 12.3. The van der Waals surface area contributed by atoms with Crippen LogP contribution in [0.5, 0.6) is 0 Å². The van der Waals surface area contributed by atoms with Gasteiger partial charge in [-0.15, -0.1) is 11.8 Å². The molecule has 1 aromatic carbocycles. The van der Waals surface area contributed by atoms with Crippen molar-refractivity contribution >= 4 is 41.3 Å². The third-order valence-corrected chi connectivity index (χ3v) is 6.94. The highest BCUT2D eigenvalue weighted by molar-refractivity contribution is 8.01. The minimum absolute atomic E-state index is 0.182. The maximum absolute atomic E-state index is 13.0. The molecule has 0 aromatic heterocycles. The lowest BCUT2D eigenvalue weighted by Crippen LogP contribution is -2.57. The van der Waals surface area contributed by atoms with Crippen LogP contribution in [0.25, 0.3) is 0 Å². The minimum atomic E-state index is -1.30. The number of amides is 2. The number of carbonyl (C=O) groups excluding carboxylic acids is 3. The van der Waals surface area contributed by atoms with E-state index in [-0.39, 0.29) is 17.7 Å². The molecule has 1 fully saturated rings. The van der Waals surface area contributed by atoms with E-state index < -0.39 is 28.7 Å². The average Bonchev–Trinajstić information content (AvgIpc) is 3.01. The summed E-state index contributed by atoms with van der Waals surface area (Å²) in [6.07, 6.45) is 2.16. The van der Waals surface area contributed by atoms with E-state index in [9.17, 15) is 19.5 Å². The van der Waals surface area contributed by atoms with Crippen LogP contribution in [-0.2, 0) is 9.59 Å². The fourth-order valence-corrected chi connectivity index (χ4v) is 5.60. The fourth-order valence-electron chi connectivity index (χ4n) is 3.54. The monoisotopic (exact) mass is 393 g/mol. The van der Waals surface area contributed by atoms with Gasteiger partial charge in [0.1, 0.15) is 11.4 Å². The Kier molecular flexibility index (Phi) is 5.25. The van der Waals surface area contributed by atoms with Gasteiger partial charge in [0.15, 0.2) is 0 Å². The number of carbonyl (C=O) groups is 3. The van der Waals surface area contributed by atoms with E-state index in [0.29, 0.717) is 11.3 Å². The zero-order valence-corrected chi connectivity index (χ0v) is 16.5. The van der Waals surface area contributed by atoms with E-state index in [0.717, 1.165) is 5.56 Å². The Hall–Kier alpha value is -1.67. The van der Waals surface area contributed by atoms with Crippen LogP contribution in [0.1, 0.15) is 41.6 Å². The summed E-state index contributed by atoms with van der Waals surface area (Å²) < 4.78 is -0.534. The van der Waals surface area contributed by atoms with Gasteiger partial charge in [0, 0.05) is 10.3 Å². The number of nitrogens with one attached hydrogen (secondary N) is 1. The van der Waals surface area contributed by atoms with E-state index >= 15 is 0 Å². The molecule has 1 N–H and O–H groups in total. The van der Waals surface area contributed by atoms with Gasteiger partial charge in [-0.2, -0.15) is 11.8 Å². The Labute approximate surface area is 161 Å². The van der Waals surface area contributed by atoms with Crippen molar-refractivity contribution in [1.82, 2.24) is 10.2 Å². The Bertz CT molecular complexity index is 752. The molecule has 1 aromatic rings. The number of fused-ring (bicyclic) bond motifs is 3. The Morgan fingerprint density at radius 2 is 2.08 bits per heavy atom. The quantitative estimate of drug-likeness (QED) is 0.776. The molecule has 6 nitrogen and oxygen atoms in total. The second kappa shape index (κ2) is 7.15. The number of carboxylic acid groups (broad SMARTS) is 1. The highest BCUT2D eigenvalue weighted by Gasteiger charge is 2.57. The molecule has 3 atom stereocenters. The van der Waals surface area contributed by atoms with Crippen molar-refractivity contribution in [2.24, 2.45) is 0 Å². The Morgan fingerprint density at radius 1 is 1.38 bits per heavy atom. The molecule has 1 saturated heterocycles. The van der Waals surface area contributed by atoms with Gasteiger partial charge in [-0.25, -0.2) is 0 Å². The van der Waals surface area contributed by atoms with Crippen LogP contribution in [0.2, 0.25) is 0 Å². The van der Waals surface area contributed by atoms with Crippen molar-refractivity contribution < 1.29 is 19.5 Å². The average molecular weight is 394 g/mol. The normalized spacial score (nSPS) is 24.1. The summed E-state index contributed by atoms with van der Waals surface area (Å²) >= 11 is 3.05. The zero-order valence-electron chi connectivity index (χ0n) is 14.9. The summed E-state index contributed by atoms with van der Waals surface area (Å²) in [4.78, 5) is 38.8. The van der Waals surface area contributed by atoms with Crippen molar-refractivity contribution in [2.45, 2.75) is 42.5 Å². The molecule has 0 aliphatic carbocycles. The lowest BCUT2D eigenvalue weighted by atomic mass is 10.00. The summed E-state index contributed by atoms with van der Waals surface area (Å²) in [5.74, 6) is -1.33. The molecule has 0 spiro atoms. The zero-order chi connectivity index (χ0) is 19.1. The predicted octanol–water partition coefficient (Wildman–Crippen LogP) is 1.02. The van der Waals surface area contributed by atoms with Gasteiger partial charge in [-0.3, -0.25) is 9.59 Å². The van der Waals surface area contributed by atoms with Gasteiger partial charge < -0.3 is 20.1 Å². The number of thioether (sulfide) groups is 2. The van der Waals surface area contributed by atoms with Crippen LogP contribution >= 0.6 is 23.5 Å². The maximum atomic E-state index is 13.0. The number of hydrogen-bond donors (Lipinski definition) is 1. The molecule has 2 aliphatic rings. The highest BCUT2D eigenvalue weighted by Crippen LogP contribution is 2.56. The number of nitrogens with zero attached hydrogens (tertiary/aromatic N) is 1. The first-order valence-electron chi connectivity index (χ1n) is 8.37. The second-order valence-corrected chi connectivity index (χ2v) is 9.66. The topological polar surface area (TPSA) is 89.5 Å². The van der Waals surface area contributed by atoms with Gasteiger partial charge in [0.05, 0.1) is 12.0 Å². The Balaban J connectivity index is 1.86. The standard InChI is InChI=1S/C18H22N2O4S2/c1-18(2)13(14(21)19-12(17(23)24)8-9-25-3)20-15(22)10-6-4-5-7-11(10)16(20)26-18/h4-7,12-13,16H,8-9H2,1-3H3,(H,19,21)(H,23,24)/p-1/t12-,13-,16+/m1/s1. The number of benzene rings is 1. The molecule has 0 saturated carbocycles. The first kappa shape index (κ1) is 19.1. The summed E-state index contributed by atoms with van der Waals surface area (Å²) in [7, 11) is 0. The molecular weight excluding hydrogens is 372 g/mol. The van der Waals surface area contributed by atoms with Crippen molar-refractivity contribution in [3.05, 3.63) is 35.4 Å². The van der Waals surface area contributed by atoms with Crippen molar-refractivity contribution in [3.63, 3.8) is 0 Å². The smallest absolute Gasteiger partial charge is 0.256 e. The SMILES string of the molecule is CSCC[C@@H](NC(=O)[C@H]1N2C(=O)c3ccccc3[C@@H]2SC1(C)C)C(=O)[O-]. The molecule has 2 heterocycles. The van der Waals surface area contributed by atoms with E-state index in [2.05, 4.69) is 5.32 Å². The third kappa shape index (κ3) is 3.20. The van der Waals surface area contributed by atoms with Gasteiger partial charge >= 0.3 is 0 Å². The van der Waals surface area contributed by atoms with Crippen molar-refractivity contribution in [1.29, 1.82) is 0 Å². The molecule has 2 amide bonds.